The van der Waals surface area contributed by atoms with Crippen LogP contribution in [0, 0.1) is 13.8 Å². The zero-order chi connectivity index (χ0) is 12.7. The normalized spacial score (nSPS) is 11.0. The van der Waals surface area contributed by atoms with Gasteiger partial charge in [-0.2, -0.15) is 0 Å². The number of hydrogen-bond donors (Lipinski definition) is 1. The van der Waals surface area contributed by atoms with Crippen LogP contribution in [0.15, 0.2) is 40.8 Å². The van der Waals surface area contributed by atoms with Gasteiger partial charge in [-0.15, -0.1) is 0 Å². The summed E-state index contributed by atoms with van der Waals surface area (Å²) in [5.41, 5.74) is 4.49. The van der Waals surface area contributed by atoms with E-state index in [1.165, 1.54) is 0 Å². The van der Waals surface area contributed by atoms with Gasteiger partial charge in [-0.3, -0.25) is 0 Å². The van der Waals surface area contributed by atoms with Gasteiger partial charge in [0.2, 0.25) is 5.89 Å². The maximum atomic E-state index is 9.55. The molecule has 1 aromatic heterocycles. The largest absolute Gasteiger partial charge is 0.508 e. The maximum Gasteiger partial charge on any atom is 0.227 e. The predicted molar refractivity (Wildman–Crippen MR) is 70.6 cm³/mol. The van der Waals surface area contributed by atoms with Crippen molar-refractivity contribution in [2.24, 2.45) is 0 Å². The minimum atomic E-state index is 0.268. The van der Waals surface area contributed by atoms with Crippen molar-refractivity contribution in [3.63, 3.8) is 0 Å². The highest BCUT2D eigenvalue weighted by molar-refractivity contribution is 5.77. The van der Waals surface area contributed by atoms with E-state index in [4.69, 9.17) is 4.42 Å². The maximum absolute atomic E-state index is 9.55. The van der Waals surface area contributed by atoms with Crippen LogP contribution < -0.4 is 0 Å². The highest BCUT2D eigenvalue weighted by Gasteiger charge is 2.13. The molecule has 0 radical (unpaired) electrons. The molecule has 3 aromatic rings. The third-order valence-electron chi connectivity index (χ3n) is 3.03. The Hall–Kier alpha value is -2.29. The van der Waals surface area contributed by atoms with Crippen LogP contribution in [0.2, 0.25) is 0 Å². The van der Waals surface area contributed by atoms with Gasteiger partial charge in [0, 0.05) is 5.56 Å². The molecule has 0 spiro atoms. The van der Waals surface area contributed by atoms with E-state index in [1.54, 1.807) is 12.1 Å². The van der Waals surface area contributed by atoms with Gasteiger partial charge in [0.1, 0.15) is 11.3 Å². The number of oxazole rings is 1. The number of phenolic OH excluding ortho intramolecular Hbond substituents is 1. The Morgan fingerprint density at radius 1 is 1.06 bits per heavy atom. The summed E-state index contributed by atoms with van der Waals surface area (Å²) in [5.74, 6) is 0.871. The van der Waals surface area contributed by atoms with Crippen molar-refractivity contribution >= 4 is 11.1 Å². The lowest BCUT2D eigenvalue weighted by molar-refractivity contribution is 0.474. The summed E-state index contributed by atoms with van der Waals surface area (Å²) < 4.78 is 5.76. The molecule has 0 aliphatic carbocycles. The topological polar surface area (TPSA) is 46.3 Å². The van der Waals surface area contributed by atoms with Crippen LogP contribution in [0.1, 0.15) is 11.1 Å². The Morgan fingerprint density at radius 3 is 2.39 bits per heavy atom. The minimum absolute atomic E-state index is 0.268. The summed E-state index contributed by atoms with van der Waals surface area (Å²) in [7, 11) is 0. The van der Waals surface area contributed by atoms with E-state index >= 15 is 0 Å². The van der Waals surface area contributed by atoms with Crippen molar-refractivity contribution in [1.29, 1.82) is 0 Å². The van der Waals surface area contributed by atoms with E-state index in [9.17, 15) is 5.11 Å². The average Bonchev–Trinajstić information content (AvgIpc) is 2.70. The molecule has 3 rings (SSSR count). The molecule has 0 amide bonds. The third-order valence-corrected chi connectivity index (χ3v) is 3.03. The molecule has 0 atom stereocenters. The van der Waals surface area contributed by atoms with E-state index in [2.05, 4.69) is 4.98 Å². The van der Waals surface area contributed by atoms with Crippen LogP contribution in [-0.4, -0.2) is 10.1 Å². The second kappa shape index (κ2) is 3.88. The smallest absolute Gasteiger partial charge is 0.227 e. The number of hydrogen-bond acceptors (Lipinski definition) is 3. The van der Waals surface area contributed by atoms with Crippen LogP contribution >= 0.6 is 0 Å². The molecule has 0 aliphatic rings. The van der Waals surface area contributed by atoms with Gasteiger partial charge < -0.3 is 9.52 Å². The van der Waals surface area contributed by atoms with Crippen molar-refractivity contribution in [2.75, 3.05) is 0 Å². The monoisotopic (exact) mass is 239 g/mol. The quantitative estimate of drug-likeness (QED) is 0.702. The molecule has 0 saturated heterocycles. The number of para-hydroxylation sites is 2. The number of phenols is 1. The Kier molecular flexibility index (Phi) is 2.33. The van der Waals surface area contributed by atoms with Crippen LogP contribution in [-0.2, 0) is 0 Å². The van der Waals surface area contributed by atoms with E-state index in [-0.39, 0.29) is 5.75 Å². The van der Waals surface area contributed by atoms with Crippen molar-refractivity contribution in [1.82, 2.24) is 4.98 Å². The van der Waals surface area contributed by atoms with E-state index in [1.807, 2.05) is 38.1 Å². The molecule has 2 aromatic carbocycles. The molecule has 0 saturated carbocycles. The number of benzene rings is 2. The van der Waals surface area contributed by atoms with Crippen molar-refractivity contribution in [3.8, 4) is 17.2 Å². The van der Waals surface area contributed by atoms with Gasteiger partial charge in [-0.1, -0.05) is 12.1 Å². The number of aromatic nitrogens is 1. The summed E-state index contributed by atoms with van der Waals surface area (Å²) in [6.07, 6.45) is 0. The fourth-order valence-electron chi connectivity index (χ4n) is 2.26. The average molecular weight is 239 g/mol. The molecule has 0 aliphatic heterocycles. The molecule has 0 unspecified atom stereocenters. The lowest BCUT2D eigenvalue weighted by Gasteiger charge is -2.06. The van der Waals surface area contributed by atoms with E-state index in [0.29, 0.717) is 5.89 Å². The molecule has 18 heavy (non-hydrogen) atoms. The molecular formula is C15H13NO2. The molecular weight excluding hydrogens is 226 g/mol. The summed E-state index contributed by atoms with van der Waals surface area (Å²) in [6.45, 7) is 3.88. The Bertz CT molecular complexity index is 672. The number of fused-ring (bicyclic) bond motifs is 1. The first-order chi connectivity index (χ1) is 8.65. The summed E-state index contributed by atoms with van der Waals surface area (Å²) >= 11 is 0. The van der Waals surface area contributed by atoms with Gasteiger partial charge in [0.15, 0.2) is 5.58 Å². The molecule has 90 valence electrons. The number of nitrogens with zero attached hydrogens (tertiary/aromatic N) is 1. The fraction of sp³-hybridized carbons (Fsp3) is 0.133. The van der Waals surface area contributed by atoms with Crippen molar-refractivity contribution < 1.29 is 9.52 Å². The summed E-state index contributed by atoms with van der Waals surface area (Å²) in [5, 5.41) is 9.55. The zero-order valence-corrected chi connectivity index (χ0v) is 10.3. The predicted octanol–water partition coefficient (Wildman–Crippen LogP) is 3.82. The van der Waals surface area contributed by atoms with Crippen molar-refractivity contribution in [2.45, 2.75) is 13.8 Å². The lowest BCUT2D eigenvalue weighted by Crippen LogP contribution is -1.88. The molecule has 3 heteroatoms. The van der Waals surface area contributed by atoms with Crippen molar-refractivity contribution in [3.05, 3.63) is 47.5 Å². The number of aryl methyl sites for hydroxylation is 2. The van der Waals surface area contributed by atoms with Crippen LogP contribution in [0.25, 0.3) is 22.6 Å². The second-order valence-corrected chi connectivity index (χ2v) is 4.44. The summed E-state index contributed by atoms with van der Waals surface area (Å²) in [6, 6.07) is 11.1. The summed E-state index contributed by atoms with van der Waals surface area (Å²) in [4.78, 5) is 4.49. The van der Waals surface area contributed by atoms with E-state index in [0.717, 1.165) is 27.8 Å². The third kappa shape index (κ3) is 1.64. The highest BCUT2D eigenvalue weighted by atomic mass is 16.3. The number of aromatic hydroxyl groups is 1. The van der Waals surface area contributed by atoms with E-state index < -0.39 is 0 Å². The van der Waals surface area contributed by atoms with Gasteiger partial charge in [0.25, 0.3) is 0 Å². The highest BCUT2D eigenvalue weighted by Crippen LogP contribution is 2.31. The molecule has 1 N–H and O–H groups in total. The Labute approximate surface area is 105 Å². The Balaban J connectivity index is 2.26. The van der Waals surface area contributed by atoms with Gasteiger partial charge in [-0.05, 0) is 49.2 Å². The van der Waals surface area contributed by atoms with Gasteiger partial charge >= 0.3 is 0 Å². The lowest BCUT2D eigenvalue weighted by atomic mass is 10.0. The zero-order valence-electron chi connectivity index (χ0n) is 10.3. The Morgan fingerprint density at radius 2 is 1.72 bits per heavy atom. The van der Waals surface area contributed by atoms with Crippen LogP contribution in [0.4, 0.5) is 0 Å². The van der Waals surface area contributed by atoms with Crippen LogP contribution in [0.3, 0.4) is 0 Å². The first-order valence-electron chi connectivity index (χ1n) is 5.81. The minimum Gasteiger partial charge on any atom is -0.508 e. The molecule has 0 bridgehead atoms. The molecule has 3 nitrogen and oxygen atoms in total. The molecule has 1 heterocycles. The fourth-order valence-corrected chi connectivity index (χ4v) is 2.26. The number of rotatable bonds is 1. The first kappa shape index (κ1) is 10.8. The standard InChI is InChI=1S/C15H13NO2/c1-9-7-11(17)8-10(2)14(9)15-16-12-5-3-4-6-13(12)18-15/h3-8,17H,1-2H3. The second-order valence-electron chi connectivity index (χ2n) is 4.44. The first-order valence-corrected chi connectivity index (χ1v) is 5.81. The SMILES string of the molecule is Cc1cc(O)cc(C)c1-c1nc2ccccc2o1. The van der Waals surface area contributed by atoms with Crippen LogP contribution in [0.5, 0.6) is 5.75 Å². The van der Waals surface area contributed by atoms with Gasteiger partial charge in [0.05, 0.1) is 0 Å². The molecule has 0 fully saturated rings. The van der Waals surface area contributed by atoms with Gasteiger partial charge in [-0.25, -0.2) is 4.98 Å².